The number of ether oxygens (including phenoxy) is 2. The summed E-state index contributed by atoms with van der Waals surface area (Å²) in [6.45, 7) is 13.8. The maximum atomic E-state index is 11.7. The lowest BCUT2D eigenvalue weighted by Gasteiger charge is -2.46. The second-order valence-corrected chi connectivity index (χ2v) is 8.36. The normalized spacial score (nSPS) is 16.2. The first kappa shape index (κ1) is 19.9. The van der Waals surface area contributed by atoms with Crippen LogP contribution in [0.15, 0.2) is 30.5 Å². The highest BCUT2D eigenvalue weighted by Gasteiger charge is 2.44. The number of esters is 1. The average molecular weight is 377 g/mol. The van der Waals surface area contributed by atoms with E-state index >= 15 is 0 Å². The molecule has 1 aliphatic heterocycles. The molecule has 4 nitrogen and oxygen atoms in total. The predicted molar refractivity (Wildman–Crippen MR) is 110 cm³/mol. The van der Waals surface area contributed by atoms with Gasteiger partial charge in [0.05, 0.1) is 18.8 Å². The molecule has 0 spiro atoms. The Morgan fingerprint density at radius 3 is 2.61 bits per heavy atom. The van der Waals surface area contributed by atoms with Crippen molar-refractivity contribution >= 4 is 5.97 Å². The van der Waals surface area contributed by atoms with E-state index in [2.05, 4.69) is 56.7 Å². The quantitative estimate of drug-likeness (QED) is 0.564. The lowest BCUT2D eigenvalue weighted by atomic mass is 9.63. The zero-order valence-corrected chi connectivity index (χ0v) is 17.5. The molecule has 1 aromatic heterocycles. The number of benzene rings is 1. The monoisotopic (exact) mass is 377 g/mol. The fourth-order valence-electron chi connectivity index (χ4n) is 3.16. The van der Waals surface area contributed by atoms with Crippen LogP contribution < -0.4 is 4.74 Å². The van der Waals surface area contributed by atoms with Crippen LogP contribution in [0.2, 0.25) is 0 Å². The van der Waals surface area contributed by atoms with Crippen molar-refractivity contribution in [2.45, 2.75) is 47.0 Å². The minimum atomic E-state index is -0.370. The van der Waals surface area contributed by atoms with E-state index in [0.717, 1.165) is 16.9 Å². The summed E-state index contributed by atoms with van der Waals surface area (Å²) < 4.78 is 11.0. The Morgan fingerprint density at radius 2 is 1.96 bits per heavy atom. The highest BCUT2D eigenvalue weighted by molar-refractivity contribution is 5.89. The van der Waals surface area contributed by atoms with Crippen LogP contribution in [0.3, 0.4) is 0 Å². The van der Waals surface area contributed by atoms with Crippen LogP contribution in [-0.2, 0) is 10.2 Å². The molecular formula is C24H27NO3. The van der Waals surface area contributed by atoms with Gasteiger partial charge in [0.1, 0.15) is 11.4 Å². The molecule has 28 heavy (non-hydrogen) atoms. The van der Waals surface area contributed by atoms with Gasteiger partial charge in [0.15, 0.2) is 0 Å². The Balaban J connectivity index is 1.92. The van der Waals surface area contributed by atoms with E-state index in [1.54, 1.807) is 19.1 Å². The first-order valence-electron chi connectivity index (χ1n) is 9.59. The Kier molecular flexibility index (Phi) is 5.21. The number of aryl methyl sites for hydroxylation is 1. The van der Waals surface area contributed by atoms with Crippen LogP contribution in [0.1, 0.15) is 67.4 Å². The molecule has 0 N–H and O–H groups in total. The van der Waals surface area contributed by atoms with Crippen LogP contribution in [0.4, 0.5) is 0 Å². The van der Waals surface area contributed by atoms with E-state index in [0.29, 0.717) is 24.5 Å². The molecule has 0 amide bonds. The van der Waals surface area contributed by atoms with Gasteiger partial charge in [-0.1, -0.05) is 33.6 Å². The molecule has 2 aromatic rings. The summed E-state index contributed by atoms with van der Waals surface area (Å²) >= 11 is 0. The number of aromatic nitrogens is 1. The first-order chi connectivity index (χ1) is 13.2. The second-order valence-electron chi connectivity index (χ2n) is 8.36. The van der Waals surface area contributed by atoms with E-state index in [1.807, 2.05) is 6.92 Å². The van der Waals surface area contributed by atoms with Crippen molar-refractivity contribution in [3.8, 4) is 17.6 Å². The van der Waals surface area contributed by atoms with Gasteiger partial charge in [-0.05, 0) is 49.6 Å². The number of pyridine rings is 1. The second kappa shape index (κ2) is 7.31. The number of rotatable bonds is 2. The van der Waals surface area contributed by atoms with E-state index in [4.69, 9.17) is 9.47 Å². The van der Waals surface area contributed by atoms with Crippen molar-refractivity contribution in [3.63, 3.8) is 0 Å². The number of fused-ring (bicyclic) bond motifs is 1. The minimum absolute atomic E-state index is 0.0236. The van der Waals surface area contributed by atoms with E-state index < -0.39 is 0 Å². The molecular weight excluding hydrogens is 350 g/mol. The highest BCUT2D eigenvalue weighted by Crippen LogP contribution is 2.49. The van der Waals surface area contributed by atoms with Gasteiger partial charge in [-0.15, -0.1) is 0 Å². The summed E-state index contributed by atoms with van der Waals surface area (Å²) in [7, 11) is 0. The Hall–Kier alpha value is -2.80. The average Bonchev–Trinajstić information content (AvgIpc) is 2.65. The Bertz CT molecular complexity index is 960. The summed E-state index contributed by atoms with van der Waals surface area (Å²) in [5.41, 5.74) is 4.27. The lowest BCUT2D eigenvalue weighted by Crippen LogP contribution is -2.44. The molecule has 0 fully saturated rings. The predicted octanol–water partition coefficient (Wildman–Crippen LogP) is 4.66. The summed E-state index contributed by atoms with van der Waals surface area (Å²) in [5.74, 6) is 6.91. The van der Waals surface area contributed by atoms with Gasteiger partial charge < -0.3 is 9.47 Å². The SMILES string of the molecule is CCOC(=O)c1ccc(C#Cc2cc3c(cc2C)OCC(C)(C)C3(C)C)nc1. The van der Waals surface area contributed by atoms with Crippen molar-refractivity contribution in [1.82, 2.24) is 4.98 Å². The standard InChI is InChI=1S/C24H27NO3/c1-7-27-22(26)18-9-11-19(25-14-18)10-8-17-13-20-21(12-16(17)2)28-15-23(3,4)24(20,5)6/h9,11-14H,7,15H2,1-6H3. The number of carbonyl (C=O) groups excluding carboxylic acids is 1. The van der Waals surface area contributed by atoms with E-state index in [9.17, 15) is 4.79 Å². The summed E-state index contributed by atoms with van der Waals surface area (Å²) in [6.07, 6.45) is 1.50. The minimum Gasteiger partial charge on any atom is -0.493 e. The van der Waals surface area contributed by atoms with Crippen LogP contribution in [0, 0.1) is 24.2 Å². The summed E-state index contributed by atoms with van der Waals surface area (Å²) in [5, 5.41) is 0. The Morgan fingerprint density at radius 1 is 1.21 bits per heavy atom. The third kappa shape index (κ3) is 3.62. The zero-order chi connectivity index (χ0) is 20.5. The zero-order valence-electron chi connectivity index (χ0n) is 17.5. The van der Waals surface area contributed by atoms with Gasteiger partial charge in [0, 0.05) is 28.2 Å². The maximum absolute atomic E-state index is 11.7. The largest absolute Gasteiger partial charge is 0.493 e. The van der Waals surface area contributed by atoms with Crippen molar-refractivity contribution in [3.05, 3.63) is 58.4 Å². The fourth-order valence-corrected chi connectivity index (χ4v) is 3.16. The molecule has 0 radical (unpaired) electrons. The van der Waals surface area contributed by atoms with Crippen molar-refractivity contribution < 1.29 is 14.3 Å². The first-order valence-corrected chi connectivity index (χ1v) is 9.59. The molecule has 0 saturated carbocycles. The van der Waals surface area contributed by atoms with E-state index in [1.165, 1.54) is 11.8 Å². The molecule has 1 aliphatic rings. The summed E-state index contributed by atoms with van der Waals surface area (Å²) in [4.78, 5) is 16.0. The third-order valence-corrected chi connectivity index (χ3v) is 5.88. The van der Waals surface area contributed by atoms with Gasteiger partial charge in [0.25, 0.3) is 0 Å². The van der Waals surface area contributed by atoms with Crippen molar-refractivity contribution in [1.29, 1.82) is 0 Å². The van der Waals surface area contributed by atoms with Crippen molar-refractivity contribution in [2.24, 2.45) is 5.41 Å². The number of hydrogen-bond donors (Lipinski definition) is 0. The van der Waals surface area contributed by atoms with Gasteiger partial charge in [-0.25, -0.2) is 9.78 Å². The van der Waals surface area contributed by atoms with Crippen molar-refractivity contribution in [2.75, 3.05) is 13.2 Å². The van der Waals surface area contributed by atoms with Crippen LogP contribution in [-0.4, -0.2) is 24.2 Å². The number of nitrogens with zero attached hydrogens (tertiary/aromatic N) is 1. The molecule has 3 rings (SSSR count). The van der Waals surface area contributed by atoms with Gasteiger partial charge in [-0.3, -0.25) is 0 Å². The number of carbonyl (C=O) groups is 1. The maximum Gasteiger partial charge on any atom is 0.339 e. The molecule has 0 saturated heterocycles. The van der Waals surface area contributed by atoms with Gasteiger partial charge in [-0.2, -0.15) is 0 Å². The molecule has 0 unspecified atom stereocenters. The smallest absolute Gasteiger partial charge is 0.339 e. The van der Waals surface area contributed by atoms with Gasteiger partial charge in [0.2, 0.25) is 0 Å². The third-order valence-electron chi connectivity index (χ3n) is 5.88. The molecule has 0 bridgehead atoms. The van der Waals surface area contributed by atoms with Gasteiger partial charge >= 0.3 is 5.97 Å². The fraction of sp³-hybridized carbons (Fsp3) is 0.417. The molecule has 0 atom stereocenters. The molecule has 0 aliphatic carbocycles. The number of hydrogen-bond acceptors (Lipinski definition) is 4. The molecule has 1 aromatic carbocycles. The van der Waals surface area contributed by atoms with E-state index in [-0.39, 0.29) is 16.8 Å². The van der Waals surface area contributed by atoms with Crippen LogP contribution in [0.25, 0.3) is 0 Å². The molecule has 2 heterocycles. The lowest BCUT2D eigenvalue weighted by molar-refractivity contribution is 0.0526. The molecule has 4 heteroatoms. The van der Waals surface area contributed by atoms with Crippen LogP contribution in [0.5, 0.6) is 5.75 Å². The summed E-state index contributed by atoms with van der Waals surface area (Å²) in [6, 6.07) is 7.65. The Labute approximate surface area is 167 Å². The topological polar surface area (TPSA) is 48.4 Å². The molecule has 146 valence electrons. The highest BCUT2D eigenvalue weighted by atomic mass is 16.5. The van der Waals surface area contributed by atoms with Crippen LogP contribution >= 0.6 is 0 Å².